The second-order valence-electron chi connectivity index (χ2n) is 9.65. The zero-order chi connectivity index (χ0) is 23.2. The van der Waals surface area contributed by atoms with E-state index in [0.717, 1.165) is 49.7 Å². The first-order valence-electron chi connectivity index (χ1n) is 11.7. The van der Waals surface area contributed by atoms with Crippen LogP contribution in [0.4, 0.5) is 5.82 Å². The molecule has 0 spiro atoms. The Kier molecular flexibility index (Phi) is 6.18. The molecule has 2 aromatic rings. The minimum Gasteiger partial charge on any atom is -0.393 e. The number of carbonyl (C=O) groups excluding carboxylic acids is 1. The second-order valence-corrected chi connectivity index (χ2v) is 12.2. The lowest BCUT2D eigenvalue weighted by Crippen LogP contribution is -2.24. The number of aromatic nitrogens is 2. The van der Waals surface area contributed by atoms with Crippen molar-refractivity contribution in [2.45, 2.75) is 79.5 Å². The van der Waals surface area contributed by atoms with Crippen molar-refractivity contribution in [1.29, 1.82) is 0 Å². The van der Waals surface area contributed by atoms with E-state index in [9.17, 15) is 18.3 Å². The van der Waals surface area contributed by atoms with Gasteiger partial charge in [0.1, 0.15) is 5.15 Å². The van der Waals surface area contributed by atoms with Crippen molar-refractivity contribution in [3.63, 3.8) is 0 Å². The van der Waals surface area contributed by atoms with Gasteiger partial charge in [-0.25, -0.2) is 18.4 Å². The first-order chi connectivity index (χ1) is 15.8. The fourth-order valence-electron chi connectivity index (χ4n) is 4.89. The quantitative estimate of drug-likeness (QED) is 0.574. The molecule has 3 aliphatic carbocycles. The number of carbonyl (C=O) groups is 1. The SMILES string of the molecule is O=C(Nc1cnc(Cl)cn1)[C@H](C[C@H]1CCC(O)C1)c1ccc(S(=O)(=O)C2CC2)c(C2CC2)c1. The molecule has 0 radical (unpaired) electrons. The molecule has 7 nitrogen and oxygen atoms in total. The number of aliphatic hydroxyl groups excluding tert-OH is 1. The maximum absolute atomic E-state index is 13.4. The Morgan fingerprint density at radius 1 is 1.12 bits per heavy atom. The van der Waals surface area contributed by atoms with E-state index >= 15 is 0 Å². The number of hydrogen-bond donors (Lipinski definition) is 2. The van der Waals surface area contributed by atoms with Gasteiger partial charge in [0.15, 0.2) is 15.7 Å². The Morgan fingerprint density at radius 3 is 2.52 bits per heavy atom. The summed E-state index contributed by atoms with van der Waals surface area (Å²) < 4.78 is 26.0. The topological polar surface area (TPSA) is 109 Å². The number of nitrogens with one attached hydrogen (secondary N) is 1. The Labute approximate surface area is 198 Å². The molecule has 3 fully saturated rings. The molecule has 0 bridgehead atoms. The number of rotatable bonds is 8. The molecule has 1 amide bonds. The highest BCUT2D eigenvalue weighted by Crippen LogP contribution is 2.47. The zero-order valence-corrected chi connectivity index (χ0v) is 19.9. The van der Waals surface area contributed by atoms with Gasteiger partial charge >= 0.3 is 0 Å². The molecule has 2 N–H and O–H groups in total. The standard InChI is InChI=1S/C24H28ClN3O4S/c25-22-12-27-23(13-26-22)28-24(30)20(10-14-1-5-17(29)9-14)16-4-8-21(19(11-16)15-2-3-15)33(31,32)18-6-7-18/h4,8,11-15,17-18,20,29H,1-3,5-7,9-10H2,(H,27,28,30)/t14-,17?,20+/m0/s1. The van der Waals surface area contributed by atoms with E-state index in [2.05, 4.69) is 15.3 Å². The van der Waals surface area contributed by atoms with Gasteiger partial charge in [0.2, 0.25) is 5.91 Å². The highest BCUT2D eigenvalue weighted by atomic mass is 35.5. The average molecular weight is 490 g/mol. The predicted molar refractivity (Wildman–Crippen MR) is 125 cm³/mol. The van der Waals surface area contributed by atoms with E-state index in [1.165, 1.54) is 12.4 Å². The maximum atomic E-state index is 13.4. The highest BCUT2D eigenvalue weighted by Gasteiger charge is 2.41. The van der Waals surface area contributed by atoms with Crippen LogP contribution in [0, 0.1) is 5.92 Å². The second kappa shape index (κ2) is 8.96. The number of anilines is 1. The summed E-state index contributed by atoms with van der Waals surface area (Å²) in [6.45, 7) is 0. The number of sulfone groups is 1. The van der Waals surface area contributed by atoms with Gasteiger partial charge in [0.05, 0.1) is 34.6 Å². The van der Waals surface area contributed by atoms with Gasteiger partial charge in [0.25, 0.3) is 0 Å². The number of hydrogen-bond acceptors (Lipinski definition) is 6. The summed E-state index contributed by atoms with van der Waals surface area (Å²) >= 11 is 5.81. The summed E-state index contributed by atoms with van der Waals surface area (Å²) in [6, 6.07) is 5.45. The molecule has 3 aliphatic rings. The van der Waals surface area contributed by atoms with Crippen LogP contribution in [-0.4, -0.2) is 40.8 Å². The number of aliphatic hydroxyl groups is 1. The van der Waals surface area contributed by atoms with Crippen LogP contribution in [0.3, 0.4) is 0 Å². The van der Waals surface area contributed by atoms with Gasteiger partial charge in [-0.2, -0.15) is 0 Å². The zero-order valence-electron chi connectivity index (χ0n) is 18.3. The lowest BCUT2D eigenvalue weighted by Gasteiger charge is -2.22. The maximum Gasteiger partial charge on any atom is 0.233 e. The average Bonchev–Trinajstić information content (AvgIpc) is 3.70. The summed E-state index contributed by atoms with van der Waals surface area (Å²) in [5.41, 5.74) is 1.67. The van der Waals surface area contributed by atoms with Gasteiger partial charge < -0.3 is 10.4 Å². The van der Waals surface area contributed by atoms with Crippen molar-refractivity contribution < 1.29 is 18.3 Å². The van der Waals surface area contributed by atoms with Gasteiger partial charge in [-0.05, 0) is 80.4 Å². The van der Waals surface area contributed by atoms with Gasteiger partial charge in [-0.15, -0.1) is 0 Å². The largest absolute Gasteiger partial charge is 0.393 e. The highest BCUT2D eigenvalue weighted by molar-refractivity contribution is 7.92. The molecule has 0 saturated heterocycles. The third-order valence-corrected chi connectivity index (χ3v) is 9.52. The molecule has 5 rings (SSSR count). The fraction of sp³-hybridized carbons (Fsp3) is 0.542. The minimum atomic E-state index is -3.31. The molecule has 9 heteroatoms. The third kappa shape index (κ3) is 5.08. The molecule has 176 valence electrons. The first kappa shape index (κ1) is 22.7. The number of halogens is 1. The number of nitrogens with zero attached hydrogens (tertiary/aromatic N) is 2. The van der Waals surface area contributed by atoms with E-state index in [4.69, 9.17) is 11.6 Å². The molecule has 1 unspecified atom stereocenters. The van der Waals surface area contributed by atoms with E-state index in [-0.39, 0.29) is 34.3 Å². The lowest BCUT2D eigenvalue weighted by atomic mass is 9.86. The number of amides is 1. The Morgan fingerprint density at radius 2 is 1.91 bits per heavy atom. The van der Waals surface area contributed by atoms with Gasteiger partial charge in [-0.1, -0.05) is 23.7 Å². The van der Waals surface area contributed by atoms with Crippen molar-refractivity contribution in [1.82, 2.24) is 9.97 Å². The van der Waals surface area contributed by atoms with Crippen LogP contribution >= 0.6 is 11.6 Å². The van der Waals surface area contributed by atoms with Gasteiger partial charge in [0, 0.05) is 0 Å². The predicted octanol–water partition coefficient (Wildman–Crippen LogP) is 4.22. The summed E-state index contributed by atoms with van der Waals surface area (Å²) in [7, 11) is -3.31. The molecule has 1 aromatic heterocycles. The smallest absolute Gasteiger partial charge is 0.233 e. The van der Waals surface area contributed by atoms with Crippen molar-refractivity contribution in [2.24, 2.45) is 5.92 Å². The molecule has 0 aliphatic heterocycles. The number of benzene rings is 1. The van der Waals surface area contributed by atoms with E-state index in [1.54, 1.807) is 12.1 Å². The van der Waals surface area contributed by atoms with Crippen molar-refractivity contribution >= 4 is 33.2 Å². The Balaban J connectivity index is 1.46. The van der Waals surface area contributed by atoms with Crippen LogP contribution in [-0.2, 0) is 14.6 Å². The molecule has 1 aromatic carbocycles. The van der Waals surface area contributed by atoms with Crippen molar-refractivity contribution in [2.75, 3.05) is 5.32 Å². The summed E-state index contributed by atoms with van der Waals surface area (Å²) in [4.78, 5) is 21.9. The molecule has 33 heavy (non-hydrogen) atoms. The molecule has 3 saturated carbocycles. The van der Waals surface area contributed by atoms with Crippen LogP contribution in [0.15, 0.2) is 35.5 Å². The molecular weight excluding hydrogens is 462 g/mol. The van der Waals surface area contributed by atoms with E-state index in [1.807, 2.05) is 6.07 Å². The van der Waals surface area contributed by atoms with Crippen LogP contribution in [0.2, 0.25) is 5.15 Å². The van der Waals surface area contributed by atoms with Crippen molar-refractivity contribution in [3.05, 3.63) is 46.9 Å². The summed E-state index contributed by atoms with van der Waals surface area (Å²) in [6.07, 6.45) is 8.75. The lowest BCUT2D eigenvalue weighted by molar-refractivity contribution is -0.118. The van der Waals surface area contributed by atoms with E-state index in [0.29, 0.717) is 23.6 Å². The van der Waals surface area contributed by atoms with Crippen LogP contribution in [0.1, 0.15) is 74.3 Å². The van der Waals surface area contributed by atoms with Crippen LogP contribution in [0.25, 0.3) is 0 Å². The van der Waals surface area contributed by atoms with Crippen molar-refractivity contribution in [3.8, 4) is 0 Å². The third-order valence-electron chi connectivity index (χ3n) is 6.99. The van der Waals surface area contributed by atoms with Gasteiger partial charge in [-0.3, -0.25) is 4.79 Å². The van der Waals surface area contributed by atoms with E-state index < -0.39 is 15.8 Å². The van der Waals surface area contributed by atoms with Crippen LogP contribution in [0.5, 0.6) is 0 Å². The summed E-state index contributed by atoms with van der Waals surface area (Å²) in [5, 5.41) is 12.8. The Hall–Kier alpha value is -2.03. The first-order valence-corrected chi connectivity index (χ1v) is 13.6. The normalized spacial score (nSPS) is 23.9. The Bertz CT molecular complexity index is 1150. The minimum absolute atomic E-state index is 0.215. The fourth-order valence-corrected chi connectivity index (χ4v) is 6.92. The molecular formula is C24H28ClN3O4S. The molecule has 3 atom stereocenters. The molecule has 1 heterocycles. The summed E-state index contributed by atoms with van der Waals surface area (Å²) in [5.74, 6) is 0.0932. The van der Waals surface area contributed by atoms with Crippen LogP contribution < -0.4 is 5.32 Å². The monoisotopic (exact) mass is 489 g/mol.